The molecule has 0 aliphatic rings. The molecular formula is C9H12ClN3. The van der Waals surface area contributed by atoms with Gasteiger partial charge in [-0.2, -0.15) is 5.26 Å². The molecule has 4 heteroatoms. The number of nitriles is 1. The van der Waals surface area contributed by atoms with Gasteiger partial charge < -0.3 is 0 Å². The molecule has 0 spiro atoms. The summed E-state index contributed by atoms with van der Waals surface area (Å²) in [5, 5.41) is 9.51. The summed E-state index contributed by atoms with van der Waals surface area (Å²) in [5.74, 6) is 5.36. The molecule has 0 saturated heterocycles. The maximum Gasteiger partial charge on any atom is 0.200 e. The maximum atomic E-state index is 8.47. The minimum absolute atomic E-state index is 0. The molecule has 0 aromatic heterocycles. The van der Waals surface area contributed by atoms with Crippen molar-refractivity contribution in [2.75, 3.05) is 5.01 Å². The lowest BCUT2D eigenvalue weighted by Gasteiger charge is -2.07. The van der Waals surface area contributed by atoms with E-state index in [9.17, 15) is 0 Å². The van der Waals surface area contributed by atoms with Gasteiger partial charge in [-0.15, -0.1) is 12.4 Å². The Morgan fingerprint density at radius 2 is 1.92 bits per heavy atom. The zero-order valence-corrected chi connectivity index (χ0v) is 8.21. The molecule has 0 aliphatic heterocycles. The van der Waals surface area contributed by atoms with Crippen LogP contribution in [0.5, 0.6) is 0 Å². The molecule has 3 nitrogen and oxygen atoms in total. The van der Waals surface area contributed by atoms with E-state index in [4.69, 9.17) is 11.1 Å². The Hall–Kier alpha value is -1.24. The first-order valence-corrected chi connectivity index (χ1v) is 3.81. The third kappa shape index (κ3) is 2.94. The Balaban J connectivity index is 0.00000144. The van der Waals surface area contributed by atoms with Gasteiger partial charge >= 0.3 is 0 Å². The normalized spacial score (nSPS) is 8.38. The fourth-order valence-electron chi connectivity index (χ4n) is 0.950. The van der Waals surface area contributed by atoms with Crippen molar-refractivity contribution in [2.45, 2.75) is 13.3 Å². The van der Waals surface area contributed by atoms with Crippen molar-refractivity contribution in [3.8, 4) is 6.19 Å². The van der Waals surface area contributed by atoms with E-state index in [-0.39, 0.29) is 12.4 Å². The second-order valence-corrected chi connectivity index (χ2v) is 2.49. The van der Waals surface area contributed by atoms with Crippen molar-refractivity contribution in [1.29, 1.82) is 5.26 Å². The molecular weight excluding hydrogens is 186 g/mol. The Bertz CT molecular complexity index is 289. The first-order valence-electron chi connectivity index (χ1n) is 3.81. The molecule has 0 fully saturated rings. The van der Waals surface area contributed by atoms with E-state index in [2.05, 4.69) is 6.92 Å². The minimum Gasteiger partial charge on any atom is -0.234 e. The fraction of sp³-hybridized carbons (Fsp3) is 0.222. The molecule has 1 rings (SSSR count). The van der Waals surface area contributed by atoms with E-state index in [0.29, 0.717) is 0 Å². The van der Waals surface area contributed by atoms with E-state index in [1.54, 1.807) is 0 Å². The Labute approximate surface area is 84.1 Å². The highest BCUT2D eigenvalue weighted by molar-refractivity contribution is 5.85. The van der Waals surface area contributed by atoms with Crippen LogP contribution in [-0.2, 0) is 6.42 Å². The third-order valence-corrected chi connectivity index (χ3v) is 1.73. The zero-order chi connectivity index (χ0) is 8.97. The molecule has 1 aromatic carbocycles. The first-order chi connectivity index (χ1) is 5.77. The average Bonchev–Trinajstić information content (AvgIpc) is 2.17. The van der Waals surface area contributed by atoms with E-state index >= 15 is 0 Å². The van der Waals surface area contributed by atoms with Gasteiger partial charge in [-0.25, -0.2) is 10.9 Å². The highest BCUT2D eigenvalue weighted by Gasteiger charge is 1.97. The summed E-state index contributed by atoms with van der Waals surface area (Å²) in [6, 6.07) is 7.60. The van der Waals surface area contributed by atoms with Gasteiger partial charge in [0.2, 0.25) is 0 Å². The van der Waals surface area contributed by atoms with Crippen LogP contribution in [0.2, 0.25) is 0 Å². The minimum atomic E-state index is 0. The lowest BCUT2D eigenvalue weighted by atomic mass is 10.1. The molecule has 0 bridgehead atoms. The van der Waals surface area contributed by atoms with Crippen LogP contribution >= 0.6 is 12.4 Å². The highest BCUT2D eigenvalue weighted by Crippen LogP contribution is 2.11. The molecule has 0 amide bonds. The number of halogens is 1. The van der Waals surface area contributed by atoms with Crippen LogP contribution in [0.1, 0.15) is 12.5 Å². The van der Waals surface area contributed by atoms with Crippen LogP contribution in [-0.4, -0.2) is 0 Å². The van der Waals surface area contributed by atoms with Gasteiger partial charge in [0.25, 0.3) is 0 Å². The summed E-state index contributed by atoms with van der Waals surface area (Å²) < 4.78 is 0. The van der Waals surface area contributed by atoms with Crippen LogP contribution in [0, 0.1) is 11.5 Å². The topological polar surface area (TPSA) is 53.0 Å². The number of hydrogen-bond acceptors (Lipinski definition) is 3. The number of rotatable bonds is 2. The highest BCUT2D eigenvalue weighted by atomic mass is 35.5. The molecule has 0 atom stereocenters. The maximum absolute atomic E-state index is 8.47. The Morgan fingerprint density at radius 1 is 1.38 bits per heavy atom. The van der Waals surface area contributed by atoms with Gasteiger partial charge in [0, 0.05) is 0 Å². The number of anilines is 1. The lowest BCUT2D eigenvalue weighted by molar-refractivity contribution is 1.08. The van der Waals surface area contributed by atoms with Gasteiger partial charge in [-0.05, 0) is 24.1 Å². The third-order valence-electron chi connectivity index (χ3n) is 1.73. The molecule has 0 radical (unpaired) electrons. The number of nitrogens with two attached hydrogens (primary N) is 1. The summed E-state index contributed by atoms with van der Waals surface area (Å²) in [4.78, 5) is 0. The Kier molecular flexibility index (Phi) is 4.90. The molecule has 70 valence electrons. The standard InChI is InChI=1S/C9H11N3.ClH/c1-2-8-3-5-9(6-4-8)12(11)7-10;/h3-6H,2,11H2,1H3;1H. The van der Waals surface area contributed by atoms with E-state index in [0.717, 1.165) is 17.1 Å². The lowest BCUT2D eigenvalue weighted by Crippen LogP contribution is -2.24. The SMILES string of the molecule is CCc1ccc(N(N)C#N)cc1.Cl. The molecule has 0 heterocycles. The quantitative estimate of drug-likeness (QED) is 0.341. The summed E-state index contributed by atoms with van der Waals surface area (Å²) in [6.07, 6.45) is 2.83. The predicted molar refractivity (Wildman–Crippen MR) is 55.3 cm³/mol. The molecule has 0 saturated carbocycles. The summed E-state index contributed by atoms with van der Waals surface area (Å²) in [6.45, 7) is 2.08. The predicted octanol–water partition coefficient (Wildman–Crippen LogP) is 1.83. The fourth-order valence-corrected chi connectivity index (χ4v) is 0.950. The average molecular weight is 198 g/mol. The summed E-state index contributed by atoms with van der Waals surface area (Å²) in [7, 11) is 0. The second kappa shape index (κ2) is 5.41. The van der Waals surface area contributed by atoms with Gasteiger partial charge in [-0.1, -0.05) is 19.1 Å². The van der Waals surface area contributed by atoms with Gasteiger partial charge in [0.15, 0.2) is 6.19 Å². The van der Waals surface area contributed by atoms with Crippen molar-refractivity contribution in [3.63, 3.8) is 0 Å². The number of benzene rings is 1. The van der Waals surface area contributed by atoms with Crippen LogP contribution < -0.4 is 10.9 Å². The second-order valence-electron chi connectivity index (χ2n) is 2.49. The number of hydrazine groups is 1. The van der Waals surface area contributed by atoms with Crippen LogP contribution in [0.15, 0.2) is 24.3 Å². The van der Waals surface area contributed by atoms with Gasteiger partial charge in [-0.3, -0.25) is 0 Å². The molecule has 0 unspecified atom stereocenters. The van der Waals surface area contributed by atoms with Crippen LogP contribution in [0.4, 0.5) is 5.69 Å². The van der Waals surface area contributed by atoms with Crippen molar-refractivity contribution in [3.05, 3.63) is 29.8 Å². The molecule has 2 N–H and O–H groups in total. The van der Waals surface area contributed by atoms with E-state index in [1.807, 2.05) is 30.5 Å². The number of aryl methyl sites for hydroxylation is 1. The molecule has 13 heavy (non-hydrogen) atoms. The van der Waals surface area contributed by atoms with E-state index < -0.39 is 0 Å². The van der Waals surface area contributed by atoms with E-state index in [1.165, 1.54) is 5.56 Å². The molecule has 0 aliphatic carbocycles. The van der Waals surface area contributed by atoms with Gasteiger partial charge in [0.05, 0.1) is 5.69 Å². The smallest absolute Gasteiger partial charge is 0.200 e. The molecule has 1 aromatic rings. The first kappa shape index (κ1) is 11.8. The van der Waals surface area contributed by atoms with Crippen LogP contribution in [0.3, 0.4) is 0 Å². The summed E-state index contributed by atoms with van der Waals surface area (Å²) >= 11 is 0. The number of hydrogen-bond donors (Lipinski definition) is 1. The zero-order valence-electron chi connectivity index (χ0n) is 7.40. The van der Waals surface area contributed by atoms with Crippen LogP contribution in [0.25, 0.3) is 0 Å². The van der Waals surface area contributed by atoms with Crippen molar-refractivity contribution >= 4 is 18.1 Å². The number of nitrogens with zero attached hydrogens (tertiary/aromatic N) is 2. The Morgan fingerprint density at radius 3 is 2.31 bits per heavy atom. The van der Waals surface area contributed by atoms with Crippen molar-refractivity contribution in [2.24, 2.45) is 5.84 Å². The van der Waals surface area contributed by atoms with Crippen molar-refractivity contribution < 1.29 is 0 Å². The monoisotopic (exact) mass is 197 g/mol. The largest absolute Gasteiger partial charge is 0.234 e. The van der Waals surface area contributed by atoms with Gasteiger partial charge in [0.1, 0.15) is 0 Å². The van der Waals surface area contributed by atoms with Crippen molar-refractivity contribution in [1.82, 2.24) is 0 Å². The summed E-state index contributed by atoms with van der Waals surface area (Å²) in [5.41, 5.74) is 1.96.